The summed E-state index contributed by atoms with van der Waals surface area (Å²) in [6.07, 6.45) is 1.82. The lowest BCUT2D eigenvalue weighted by atomic mass is 10.1. The molecule has 9 heteroatoms. The quantitative estimate of drug-likeness (QED) is 0.358. The molecule has 4 rings (SSSR count). The van der Waals surface area contributed by atoms with Gasteiger partial charge >= 0.3 is 0 Å². The van der Waals surface area contributed by atoms with Crippen molar-refractivity contribution in [1.82, 2.24) is 9.88 Å². The van der Waals surface area contributed by atoms with Crippen LogP contribution in [-0.4, -0.2) is 38.8 Å². The lowest BCUT2D eigenvalue weighted by Crippen LogP contribution is -2.30. The van der Waals surface area contributed by atoms with Gasteiger partial charge in [-0.3, -0.25) is 24.6 Å². The summed E-state index contributed by atoms with van der Waals surface area (Å²) in [6.45, 7) is -0.111. The van der Waals surface area contributed by atoms with Crippen molar-refractivity contribution in [1.29, 1.82) is 0 Å². The number of rotatable bonds is 5. The van der Waals surface area contributed by atoms with Gasteiger partial charge < -0.3 is 0 Å². The number of thiazole rings is 1. The Hall–Kier alpha value is -3.04. The molecular formula is C19H13N3O4S2. The summed E-state index contributed by atoms with van der Waals surface area (Å²) in [5, 5.41) is 12.2. The Bertz CT molecular complexity index is 1090. The first-order valence-electron chi connectivity index (χ1n) is 8.29. The molecule has 7 nitrogen and oxygen atoms in total. The molecule has 2 heterocycles. The second-order valence-corrected chi connectivity index (χ2v) is 8.06. The van der Waals surface area contributed by atoms with Crippen molar-refractivity contribution in [3.05, 3.63) is 74.2 Å². The van der Waals surface area contributed by atoms with Crippen molar-refractivity contribution in [2.45, 2.75) is 0 Å². The Kier molecular flexibility index (Phi) is 4.93. The van der Waals surface area contributed by atoms with Crippen LogP contribution in [0.25, 0.3) is 16.3 Å². The number of nitro benzene ring substituents is 1. The first-order valence-corrected chi connectivity index (χ1v) is 10.1. The zero-order valence-corrected chi connectivity index (χ0v) is 16.0. The number of aromatic nitrogens is 1. The maximum absolute atomic E-state index is 12.6. The molecule has 140 valence electrons. The maximum atomic E-state index is 12.6. The Balaban J connectivity index is 1.55. The van der Waals surface area contributed by atoms with E-state index in [1.807, 2.05) is 30.3 Å². The van der Waals surface area contributed by atoms with Gasteiger partial charge in [-0.15, -0.1) is 11.3 Å². The number of nitrogens with zero attached hydrogens (tertiary/aromatic N) is 3. The third kappa shape index (κ3) is 3.67. The Morgan fingerprint density at radius 3 is 2.68 bits per heavy atom. The third-order valence-electron chi connectivity index (χ3n) is 4.17. The number of nitro groups is 1. The lowest BCUT2D eigenvalue weighted by Gasteiger charge is -2.15. The molecule has 28 heavy (non-hydrogen) atoms. The molecule has 1 aliphatic heterocycles. The normalized spacial score (nSPS) is 15.5. The van der Waals surface area contributed by atoms with E-state index in [4.69, 9.17) is 0 Å². The van der Waals surface area contributed by atoms with Crippen LogP contribution in [0.1, 0.15) is 15.4 Å². The van der Waals surface area contributed by atoms with E-state index in [1.54, 1.807) is 0 Å². The van der Waals surface area contributed by atoms with E-state index in [-0.39, 0.29) is 29.7 Å². The minimum atomic E-state index is -0.520. The van der Waals surface area contributed by atoms with Crippen LogP contribution in [0.4, 0.5) is 5.69 Å². The topological polar surface area (TPSA) is 93.4 Å². The number of ketones is 1. The summed E-state index contributed by atoms with van der Waals surface area (Å²) < 4.78 is 1.05. The summed E-state index contributed by atoms with van der Waals surface area (Å²) in [5.41, 5.74) is 1.14. The predicted molar refractivity (Wildman–Crippen MR) is 109 cm³/mol. The largest absolute Gasteiger partial charge is 0.298 e. The summed E-state index contributed by atoms with van der Waals surface area (Å²) in [4.78, 5) is 41.0. The summed E-state index contributed by atoms with van der Waals surface area (Å²) >= 11 is 2.89. The molecule has 1 fully saturated rings. The van der Waals surface area contributed by atoms with Gasteiger partial charge in [-0.25, -0.2) is 4.98 Å². The van der Waals surface area contributed by atoms with Gasteiger partial charge in [0.15, 0.2) is 5.78 Å². The summed E-state index contributed by atoms with van der Waals surface area (Å²) in [6, 6.07) is 13.2. The second kappa shape index (κ2) is 7.53. The van der Waals surface area contributed by atoms with Crippen LogP contribution < -0.4 is 0 Å². The van der Waals surface area contributed by atoms with Crippen molar-refractivity contribution >= 4 is 56.8 Å². The van der Waals surface area contributed by atoms with E-state index >= 15 is 0 Å². The number of para-hydroxylation sites is 1. The molecule has 0 atom stereocenters. The van der Waals surface area contributed by atoms with Crippen LogP contribution >= 0.6 is 23.1 Å². The van der Waals surface area contributed by atoms with E-state index in [1.165, 1.54) is 52.3 Å². The van der Waals surface area contributed by atoms with Crippen molar-refractivity contribution < 1.29 is 14.5 Å². The van der Waals surface area contributed by atoms with Crippen LogP contribution in [-0.2, 0) is 4.79 Å². The smallest absolute Gasteiger partial charge is 0.269 e. The Morgan fingerprint density at radius 2 is 1.96 bits per heavy atom. The fourth-order valence-electron chi connectivity index (χ4n) is 2.76. The fourth-order valence-corrected chi connectivity index (χ4v) is 4.69. The highest BCUT2D eigenvalue weighted by atomic mass is 32.2. The maximum Gasteiger partial charge on any atom is 0.269 e. The molecule has 0 N–H and O–H groups in total. The van der Waals surface area contributed by atoms with Gasteiger partial charge in [0.25, 0.3) is 5.69 Å². The molecule has 0 unspecified atom stereocenters. The molecule has 0 saturated carbocycles. The van der Waals surface area contributed by atoms with Gasteiger partial charge in [-0.1, -0.05) is 23.9 Å². The molecule has 0 bridgehead atoms. The van der Waals surface area contributed by atoms with E-state index in [0.29, 0.717) is 10.6 Å². The third-order valence-corrected chi connectivity index (χ3v) is 6.18. The standard InChI is InChI=1S/C19H13N3O4S2/c23-15(12-5-7-13(8-6-12)22(25)26)10-21-18(24)11-27-19(21)9-17-20-14-3-1-2-4-16(14)28-17/h1-9H,10-11H2/b19-9+. The molecule has 3 aromatic rings. The van der Waals surface area contributed by atoms with Crippen LogP contribution in [0.2, 0.25) is 0 Å². The van der Waals surface area contributed by atoms with Gasteiger partial charge in [0.2, 0.25) is 5.91 Å². The van der Waals surface area contributed by atoms with Crippen LogP contribution in [0.5, 0.6) is 0 Å². The molecule has 1 aliphatic rings. The van der Waals surface area contributed by atoms with E-state index in [0.717, 1.165) is 15.2 Å². The van der Waals surface area contributed by atoms with Crippen LogP contribution in [0.15, 0.2) is 53.6 Å². The molecule has 0 aliphatic carbocycles. The van der Waals surface area contributed by atoms with Gasteiger partial charge in [0.1, 0.15) is 5.01 Å². The first-order chi connectivity index (χ1) is 13.5. The van der Waals surface area contributed by atoms with Crippen molar-refractivity contribution in [3.8, 4) is 0 Å². The predicted octanol–water partition coefficient (Wildman–Crippen LogP) is 3.96. The summed E-state index contributed by atoms with van der Waals surface area (Å²) in [5.74, 6) is -0.154. The van der Waals surface area contributed by atoms with Crippen molar-refractivity contribution in [3.63, 3.8) is 0 Å². The number of thioether (sulfide) groups is 1. The number of non-ortho nitro benzene ring substituents is 1. The van der Waals surface area contributed by atoms with E-state index < -0.39 is 4.92 Å². The SMILES string of the molecule is O=C(CN1C(=O)CS/C1=C/c1nc2ccccc2s1)c1ccc([N+](=O)[O-])cc1. The van der Waals surface area contributed by atoms with Crippen molar-refractivity contribution in [2.24, 2.45) is 0 Å². The number of amides is 1. The van der Waals surface area contributed by atoms with E-state index in [9.17, 15) is 19.7 Å². The lowest BCUT2D eigenvalue weighted by molar-refractivity contribution is -0.384. The molecule has 0 spiro atoms. The monoisotopic (exact) mass is 411 g/mol. The van der Waals surface area contributed by atoms with Crippen molar-refractivity contribution in [2.75, 3.05) is 12.3 Å². The average molecular weight is 411 g/mol. The second-order valence-electron chi connectivity index (χ2n) is 6.00. The number of Topliss-reactive ketones (excluding diaryl/α,β-unsaturated/α-hetero) is 1. The number of carbonyl (C=O) groups excluding carboxylic acids is 2. The Morgan fingerprint density at radius 1 is 1.21 bits per heavy atom. The molecular weight excluding hydrogens is 398 g/mol. The number of fused-ring (bicyclic) bond motifs is 1. The zero-order valence-electron chi connectivity index (χ0n) is 14.4. The number of hydrogen-bond donors (Lipinski definition) is 0. The molecule has 0 radical (unpaired) electrons. The highest BCUT2D eigenvalue weighted by molar-refractivity contribution is 8.04. The molecule has 1 aromatic heterocycles. The Labute approximate surface area is 167 Å². The van der Waals surface area contributed by atoms with Gasteiger partial charge in [-0.05, 0) is 24.3 Å². The van der Waals surface area contributed by atoms with Gasteiger partial charge in [0.05, 0.1) is 32.5 Å². The number of carbonyl (C=O) groups is 2. The number of hydrogen-bond acceptors (Lipinski definition) is 7. The van der Waals surface area contributed by atoms with Crippen LogP contribution in [0, 0.1) is 10.1 Å². The number of benzene rings is 2. The minimum absolute atomic E-state index is 0.0826. The summed E-state index contributed by atoms with van der Waals surface area (Å²) in [7, 11) is 0. The first kappa shape index (κ1) is 18.3. The van der Waals surface area contributed by atoms with Gasteiger partial charge in [0, 0.05) is 23.8 Å². The van der Waals surface area contributed by atoms with E-state index in [2.05, 4.69) is 4.98 Å². The fraction of sp³-hybridized carbons (Fsp3) is 0.105. The molecule has 1 saturated heterocycles. The average Bonchev–Trinajstić information content (AvgIpc) is 3.26. The molecule has 1 amide bonds. The zero-order chi connectivity index (χ0) is 19.7. The minimum Gasteiger partial charge on any atom is -0.298 e. The van der Waals surface area contributed by atoms with Crippen LogP contribution in [0.3, 0.4) is 0 Å². The molecule has 2 aromatic carbocycles. The van der Waals surface area contributed by atoms with Gasteiger partial charge in [-0.2, -0.15) is 0 Å². The highest BCUT2D eigenvalue weighted by Crippen LogP contribution is 2.33. The highest BCUT2D eigenvalue weighted by Gasteiger charge is 2.29.